The van der Waals surface area contributed by atoms with Gasteiger partial charge in [0.15, 0.2) is 0 Å². The topological polar surface area (TPSA) is 54.3 Å². The molecule has 0 unspecified atom stereocenters. The van der Waals surface area contributed by atoms with E-state index in [0.29, 0.717) is 5.92 Å². The first-order valence-corrected chi connectivity index (χ1v) is 7.35. The second kappa shape index (κ2) is 6.35. The first kappa shape index (κ1) is 15.0. The largest absolute Gasteiger partial charge is 0.343 e. The predicted molar refractivity (Wildman–Crippen MR) is 77.3 cm³/mol. The molecule has 0 spiro atoms. The van der Waals surface area contributed by atoms with Crippen LogP contribution in [0.2, 0.25) is 0 Å². The molecule has 0 saturated carbocycles. The van der Waals surface area contributed by atoms with Gasteiger partial charge in [0, 0.05) is 32.5 Å². The third-order valence-corrected chi connectivity index (χ3v) is 3.94. The predicted octanol–water partition coefficient (Wildman–Crippen LogP) is 1.09. The lowest BCUT2D eigenvalue weighted by molar-refractivity contribution is -0.129. The zero-order valence-corrected chi connectivity index (χ0v) is 13.0. The van der Waals surface area contributed by atoms with Crippen LogP contribution in [0.4, 0.5) is 0 Å². The van der Waals surface area contributed by atoms with Crippen molar-refractivity contribution in [2.24, 2.45) is 0 Å². The average Bonchev–Trinajstić information content (AvgIpc) is 2.80. The first-order chi connectivity index (χ1) is 9.52. The van der Waals surface area contributed by atoms with Crippen LogP contribution in [0.15, 0.2) is 0 Å². The summed E-state index contributed by atoms with van der Waals surface area (Å²) >= 11 is 0. The van der Waals surface area contributed by atoms with Crippen LogP contribution in [0.25, 0.3) is 0 Å². The first-order valence-electron chi connectivity index (χ1n) is 7.35. The highest BCUT2D eigenvalue weighted by atomic mass is 16.2. The average molecular weight is 279 g/mol. The molecule has 1 aliphatic heterocycles. The number of rotatable bonds is 4. The Morgan fingerprint density at radius 1 is 1.30 bits per heavy atom. The Hall–Kier alpha value is -1.43. The molecule has 1 aromatic rings. The molecule has 6 nitrogen and oxygen atoms in total. The number of nitrogens with zero attached hydrogens (tertiary/aromatic N) is 5. The van der Waals surface area contributed by atoms with E-state index in [-0.39, 0.29) is 5.91 Å². The number of piperidine rings is 1. The van der Waals surface area contributed by atoms with Crippen LogP contribution in [0.1, 0.15) is 44.3 Å². The number of carbonyl (C=O) groups is 1. The van der Waals surface area contributed by atoms with Crippen molar-refractivity contribution < 1.29 is 4.79 Å². The van der Waals surface area contributed by atoms with Crippen molar-refractivity contribution in [3.8, 4) is 0 Å². The highest BCUT2D eigenvalue weighted by Gasteiger charge is 2.26. The summed E-state index contributed by atoms with van der Waals surface area (Å²) in [6.45, 7) is 7.16. The smallest absolute Gasteiger partial charge is 0.219 e. The Bertz CT molecular complexity index is 460. The lowest BCUT2D eigenvalue weighted by atomic mass is 9.96. The third-order valence-electron chi connectivity index (χ3n) is 3.94. The number of aromatic nitrogens is 3. The summed E-state index contributed by atoms with van der Waals surface area (Å²) in [7, 11) is 4.08. The van der Waals surface area contributed by atoms with Gasteiger partial charge < -0.3 is 14.4 Å². The van der Waals surface area contributed by atoms with Gasteiger partial charge in [-0.2, -0.15) is 0 Å². The number of amides is 1. The van der Waals surface area contributed by atoms with Gasteiger partial charge in [-0.25, -0.2) is 0 Å². The molecule has 0 bridgehead atoms. The van der Waals surface area contributed by atoms with Gasteiger partial charge in [0.25, 0.3) is 0 Å². The number of hydrogen-bond acceptors (Lipinski definition) is 4. The standard InChI is InChI=1S/C14H25N5O/c1-5-19-13(10-17(3)4)15-16-14(19)12-6-8-18(9-7-12)11(2)20/h12H,5-10H2,1-4H3. The van der Waals surface area contributed by atoms with Gasteiger partial charge in [0.2, 0.25) is 5.91 Å². The minimum atomic E-state index is 0.175. The molecule has 0 N–H and O–H groups in total. The molecule has 0 atom stereocenters. The molecule has 0 aliphatic carbocycles. The fourth-order valence-electron chi connectivity index (χ4n) is 2.85. The lowest BCUT2D eigenvalue weighted by Crippen LogP contribution is -2.37. The van der Waals surface area contributed by atoms with Crippen LogP contribution in [-0.2, 0) is 17.9 Å². The van der Waals surface area contributed by atoms with Gasteiger partial charge in [0.05, 0.1) is 6.54 Å². The Kier molecular flexibility index (Phi) is 4.75. The SMILES string of the molecule is CCn1c(CN(C)C)nnc1C1CCN(C(C)=O)CC1. The van der Waals surface area contributed by atoms with E-state index < -0.39 is 0 Å². The van der Waals surface area contributed by atoms with E-state index in [1.54, 1.807) is 6.92 Å². The molecule has 0 radical (unpaired) electrons. The van der Waals surface area contributed by atoms with Crippen molar-refractivity contribution in [3.63, 3.8) is 0 Å². The molecular formula is C14H25N5O. The fourth-order valence-corrected chi connectivity index (χ4v) is 2.85. The van der Waals surface area contributed by atoms with Gasteiger partial charge in [0.1, 0.15) is 11.6 Å². The highest BCUT2D eigenvalue weighted by Crippen LogP contribution is 2.27. The number of hydrogen-bond donors (Lipinski definition) is 0. The zero-order valence-electron chi connectivity index (χ0n) is 13.0. The Balaban J connectivity index is 2.10. The summed E-state index contributed by atoms with van der Waals surface area (Å²) in [6.07, 6.45) is 1.97. The maximum Gasteiger partial charge on any atom is 0.219 e. The van der Waals surface area contributed by atoms with Gasteiger partial charge in [-0.15, -0.1) is 10.2 Å². The van der Waals surface area contributed by atoms with Crippen LogP contribution in [0, 0.1) is 0 Å². The second-order valence-corrected chi connectivity index (χ2v) is 5.74. The van der Waals surface area contributed by atoms with Crippen molar-refractivity contribution in [2.45, 2.75) is 45.7 Å². The zero-order chi connectivity index (χ0) is 14.7. The molecule has 6 heteroatoms. The van der Waals surface area contributed by atoms with Crippen molar-refractivity contribution >= 4 is 5.91 Å². The monoisotopic (exact) mass is 279 g/mol. The van der Waals surface area contributed by atoms with Crippen LogP contribution in [0.5, 0.6) is 0 Å². The summed E-state index contributed by atoms with van der Waals surface area (Å²) < 4.78 is 2.23. The quantitative estimate of drug-likeness (QED) is 0.828. The van der Waals surface area contributed by atoms with E-state index in [9.17, 15) is 4.79 Å². The molecule has 1 aliphatic rings. The van der Waals surface area contributed by atoms with Gasteiger partial charge >= 0.3 is 0 Å². The van der Waals surface area contributed by atoms with E-state index in [2.05, 4.69) is 26.6 Å². The lowest BCUT2D eigenvalue weighted by Gasteiger charge is -2.31. The minimum Gasteiger partial charge on any atom is -0.343 e. The second-order valence-electron chi connectivity index (χ2n) is 5.74. The van der Waals surface area contributed by atoms with Crippen LogP contribution < -0.4 is 0 Å². The van der Waals surface area contributed by atoms with Crippen LogP contribution in [0.3, 0.4) is 0 Å². The van der Waals surface area contributed by atoms with E-state index in [1.165, 1.54) is 0 Å². The summed E-state index contributed by atoms with van der Waals surface area (Å²) in [6, 6.07) is 0. The molecule has 112 valence electrons. The Morgan fingerprint density at radius 3 is 2.45 bits per heavy atom. The Labute approximate surface area is 120 Å². The third kappa shape index (κ3) is 3.17. The summed E-state index contributed by atoms with van der Waals surface area (Å²) in [5.41, 5.74) is 0. The number of carbonyl (C=O) groups excluding carboxylic acids is 1. The molecule has 1 aromatic heterocycles. The molecule has 1 fully saturated rings. The number of likely N-dealkylation sites (tertiary alicyclic amines) is 1. The van der Waals surface area contributed by atoms with Crippen LogP contribution in [-0.4, -0.2) is 57.7 Å². The fraction of sp³-hybridized carbons (Fsp3) is 0.786. The van der Waals surface area contributed by atoms with Crippen LogP contribution >= 0.6 is 0 Å². The minimum absolute atomic E-state index is 0.175. The molecule has 20 heavy (non-hydrogen) atoms. The summed E-state index contributed by atoms with van der Waals surface area (Å²) in [5.74, 6) is 2.72. The van der Waals surface area contributed by atoms with Gasteiger partial charge in [-0.1, -0.05) is 0 Å². The van der Waals surface area contributed by atoms with Crippen molar-refractivity contribution in [2.75, 3.05) is 27.2 Å². The van der Waals surface area contributed by atoms with E-state index >= 15 is 0 Å². The van der Waals surface area contributed by atoms with Gasteiger partial charge in [-0.05, 0) is 33.9 Å². The maximum atomic E-state index is 11.4. The molecular weight excluding hydrogens is 254 g/mol. The Morgan fingerprint density at radius 2 is 1.95 bits per heavy atom. The van der Waals surface area contributed by atoms with Gasteiger partial charge in [-0.3, -0.25) is 4.79 Å². The molecule has 1 amide bonds. The molecule has 0 aromatic carbocycles. The maximum absolute atomic E-state index is 11.4. The molecule has 2 heterocycles. The highest BCUT2D eigenvalue weighted by molar-refractivity contribution is 5.73. The normalized spacial score (nSPS) is 16.9. The molecule has 1 saturated heterocycles. The van der Waals surface area contributed by atoms with Crippen molar-refractivity contribution in [1.82, 2.24) is 24.6 Å². The summed E-state index contributed by atoms with van der Waals surface area (Å²) in [4.78, 5) is 15.4. The van der Waals surface area contributed by atoms with Crippen molar-refractivity contribution in [1.29, 1.82) is 0 Å². The van der Waals surface area contributed by atoms with Crippen molar-refractivity contribution in [3.05, 3.63) is 11.6 Å². The van der Waals surface area contributed by atoms with E-state index in [1.807, 2.05) is 19.0 Å². The van der Waals surface area contributed by atoms with E-state index in [0.717, 1.165) is 50.7 Å². The summed E-state index contributed by atoms with van der Waals surface area (Å²) in [5, 5.41) is 8.76. The molecule has 2 rings (SSSR count). The van der Waals surface area contributed by atoms with E-state index in [4.69, 9.17) is 0 Å².